The number of hydrogen-bond acceptors (Lipinski definition) is 3. The average Bonchev–Trinajstić information content (AvgIpc) is 2.70. The molecule has 1 unspecified atom stereocenters. The summed E-state index contributed by atoms with van der Waals surface area (Å²) in [6, 6.07) is 8.24. The van der Waals surface area contributed by atoms with Gasteiger partial charge in [-0.3, -0.25) is 0 Å². The summed E-state index contributed by atoms with van der Waals surface area (Å²) in [6.45, 7) is 2.61. The first-order valence-electron chi connectivity index (χ1n) is 5.04. The van der Waals surface area contributed by atoms with Crippen LogP contribution >= 0.6 is 22.6 Å². The van der Waals surface area contributed by atoms with Crippen LogP contribution in [0.4, 0.5) is 0 Å². The molecule has 2 aromatic rings. The van der Waals surface area contributed by atoms with E-state index in [0.717, 1.165) is 6.54 Å². The lowest BCUT2D eigenvalue weighted by Gasteiger charge is -2.01. The van der Waals surface area contributed by atoms with Crippen LogP contribution in [0.1, 0.15) is 24.4 Å². The third-order valence-electron chi connectivity index (χ3n) is 2.22. The lowest BCUT2D eigenvalue weighted by atomic mass is 10.2. The molecule has 4 nitrogen and oxygen atoms in total. The molecule has 0 saturated carbocycles. The molecule has 0 aliphatic rings. The normalized spacial score (nSPS) is 12.7. The van der Waals surface area contributed by atoms with E-state index in [1.807, 2.05) is 6.92 Å². The minimum Gasteiger partial charge on any atom is -0.321 e. The van der Waals surface area contributed by atoms with Crippen LogP contribution in [-0.2, 0) is 6.54 Å². The van der Waals surface area contributed by atoms with Crippen LogP contribution in [0.25, 0.3) is 0 Å². The van der Waals surface area contributed by atoms with Crippen LogP contribution in [-0.4, -0.2) is 14.8 Å². The molecular formula is C11H13IN4. The highest BCUT2D eigenvalue weighted by molar-refractivity contribution is 14.1. The van der Waals surface area contributed by atoms with Gasteiger partial charge < -0.3 is 5.73 Å². The Labute approximate surface area is 108 Å². The molecule has 0 amide bonds. The van der Waals surface area contributed by atoms with Gasteiger partial charge in [0, 0.05) is 3.57 Å². The van der Waals surface area contributed by atoms with Crippen molar-refractivity contribution in [1.82, 2.24) is 14.8 Å². The molecule has 0 aliphatic heterocycles. The van der Waals surface area contributed by atoms with Crippen LogP contribution in [0.3, 0.4) is 0 Å². The maximum Gasteiger partial charge on any atom is 0.166 e. The standard InChI is InChI=1S/C11H13IN4/c1-8(13)11-14-7-16(15-11)6-9-2-4-10(12)5-3-9/h2-5,7-8H,6,13H2,1H3. The first-order valence-corrected chi connectivity index (χ1v) is 6.12. The van der Waals surface area contributed by atoms with Gasteiger partial charge in [0.1, 0.15) is 6.33 Å². The van der Waals surface area contributed by atoms with Crippen LogP contribution in [0.2, 0.25) is 0 Å². The minimum absolute atomic E-state index is 0.113. The molecule has 16 heavy (non-hydrogen) atoms. The number of nitrogens with two attached hydrogens (primary N) is 1. The van der Waals surface area contributed by atoms with E-state index >= 15 is 0 Å². The summed E-state index contributed by atoms with van der Waals surface area (Å²) in [5, 5.41) is 4.31. The van der Waals surface area contributed by atoms with Gasteiger partial charge in [-0.1, -0.05) is 12.1 Å². The van der Waals surface area contributed by atoms with Crippen molar-refractivity contribution in [2.45, 2.75) is 19.5 Å². The average molecular weight is 328 g/mol. The molecule has 84 valence electrons. The molecule has 1 aromatic heterocycles. The van der Waals surface area contributed by atoms with E-state index in [2.05, 4.69) is 56.9 Å². The number of aromatic nitrogens is 3. The summed E-state index contributed by atoms with van der Waals surface area (Å²) in [6.07, 6.45) is 1.72. The van der Waals surface area contributed by atoms with Crippen LogP contribution < -0.4 is 5.73 Å². The quantitative estimate of drug-likeness (QED) is 0.877. The first-order chi connectivity index (χ1) is 7.65. The number of halogens is 1. The van der Waals surface area contributed by atoms with E-state index in [4.69, 9.17) is 5.73 Å². The zero-order chi connectivity index (χ0) is 11.5. The third-order valence-corrected chi connectivity index (χ3v) is 2.94. The second-order valence-corrected chi connectivity index (χ2v) is 4.96. The van der Waals surface area contributed by atoms with Gasteiger partial charge in [0.25, 0.3) is 0 Å². The van der Waals surface area contributed by atoms with Crippen LogP contribution in [0.15, 0.2) is 30.6 Å². The van der Waals surface area contributed by atoms with Crippen molar-refractivity contribution in [1.29, 1.82) is 0 Å². The largest absolute Gasteiger partial charge is 0.321 e. The van der Waals surface area contributed by atoms with Gasteiger partial charge >= 0.3 is 0 Å². The Balaban J connectivity index is 2.11. The first kappa shape index (κ1) is 11.5. The van der Waals surface area contributed by atoms with Crippen molar-refractivity contribution in [2.24, 2.45) is 5.73 Å². The lowest BCUT2D eigenvalue weighted by Crippen LogP contribution is -2.08. The van der Waals surface area contributed by atoms with Crippen molar-refractivity contribution in [3.63, 3.8) is 0 Å². The van der Waals surface area contributed by atoms with Crippen molar-refractivity contribution in [2.75, 3.05) is 0 Å². The summed E-state index contributed by atoms with van der Waals surface area (Å²) in [7, 11) is 0. The van der Waals surface area contributed by atoms with Gasteiger partial charge in [0.15, 0.2) is 5.82 Å². The third kappa shape index (κ3) is 2.79. The zero-order valence-electron chi connectivity index (χ0n) is 8.97. The molecule has 0 spiro atoms. The molecule has 0 bridgehead atoms. The molecule has 2 N–H and O–H groups in total. The van der Waals surface area contributed by atoms with E-state index in [1.165, 1.54) is 9.13 Å². The van der Waals surface area contributed by atoms with Crippen LogP contribution in [0.5, 0.6) is 0 Å². The summed E-state index contributed by atoms with van der Waals surface area (Å²) < 4.78 is 3.04. The molecule has 1 atom stereocenters. The maximum absolute atomic E-state index is 5.70. The van der Waals surface area contributed by atoms with Crippen molar-refractivity contribution in [3.8, 4) is 0 Å². The van der Waals surface area contributed by atoms with Gasteiger partial charge in [-0.15, -0.1) is 0 Å². The fraction of sp³-hybridized carbons (Fsp3) is 0.273. The van der Waals surface area contributed by atoms with Crippen molar-refractivity contribution >= 4 is 22.6 Å². The Bertz CT molecular complexity index is 461. The van der Waals surface area contributed by atoms with E-state index in [-0.39, 0.29) is 6.04 Å². The van der Waals surface area contributed by atoms with E-state index in [1.54, 1.807) is 11.0 Å². The molecule has 0 radical (unpaired) electrons. The Kier molecular flexibility index (Phi) is 3.55. The number of nitrogens with zero attached hydrogens (tertiary/aromatic N) is 3. The summed E-state index contributed by atoms with van der Waals surface area (Å²) in [4.78, 5) is 4.15. The highest BCUT2D eigenvalue weighted by Gasteiger charge is 2.05. The topological polar surface area (TPSA) is 56.7 Å². The van der Waals surface area contributed by atoms with E-state index in [9.17, 15) is 0 Å². The van der Waals surface area contributed by atoms with Gasteiger partial charge in [-0.25, -0.2) is 9.67 Å². The highest BCUT2D eigenvalue weighted by atomic mass is 127. The maximum atomic E-state index is 5.70. The minimum atomic E-state index is -0.113. The predicted molar refractivity (Wildman–Crippen MR) is 70.9 cm³/mol. The number of hydrogen-bond donors (Lipinski definition) is 1. The van der Waals surface area contributed by atoms with Crippen LogP contribution in [0, 0.1) is 3.57 Å². The van der Waals surface area contributed by atoms with Gasteiger partial charge in [-0.05, 0) is 47.2 Å². The van der Waals surface area contributed by atoms with E-state index < -0.39 is 0 Å². The Morgan fingerprint density at radius 3 is 2.62 bits per heavy atom. The SMILES string of the molecule is CC(N)c1ncn(Cc2ccc(I)cc2)n1. The second kappa shape index (κ2) is 4.92. The molecule has 1 heterocycles. The number of rotatable bonds is 3. The highest BCUT2D eigenvalue weighted by Crippen LogP contribution is 2.08. The summed E-state index contributed by atoms with van der Waals surface area (Å²) >= 11 is 2.29. The van der Waals surface area contributed by atoms with E-state index in [0.29, 0.717) is 5.82 Å². The number of benzene rings is 1. The Morgan fingerprint density at radius 1 is 1.38 bits per heavy atom. The predicted octanol–water partition coefficient (Wildman–Crippen LogP) is 1.95. The lowest BCUT2D eigenvalue weighted by molar-refractivity contribution is 0.649. The zero-order valence-corrected chi connectivity index (χ0v) is 11.1. The monoisotopic (exact) mass is 328 g/mol. The van der Waals surface area contributed by atoms with Gasteiger partial charge in [-0.2, -0.15) is 5.10 Å². The summed E-state index contributed by atoms with van der Waals surface area (Å²) in [5.41, 5.74) is 6.91. The summed E-state index contributed by atoms with van der Waals surface area (Å²) in [5.74, 6) is 0.686. The molecule has 0 saturated heterocycles. The Hall–Kier alpha value is -0.950. The molecule has 0 fully saturated rings. The fourth-order valence-corrected chi connectivity index (χ4v) is 1.73. The molecular weight excluding hydrogens is 315 g/mol. The van der Waals surface area contributed by atoms with Gasteiger partial charge in [0.05, 0.1) is 12.6 Å². The second-order valence-electron chi connectivity index (χ2n) is 3.72. The smallest absolute Gasteiger partial charge is 0.166 e. The fourth-order valence-electron chi connectivity index (χ4n) is 1.37. The Morgan fingerprint density at radius 2 is 2.06 bits per heavy atom. The molecule has 1 aromatic carbocycles. The van der Waals surface area contributed by atoms with Gasteiger partial charge in [0.2, 0.25) is 0 Å². The molecule has 2 rings (SSSR count). The van der Waals surface area contributed by atoms with Crippen molar-refractivity contribution in [3.05, 3.63) is 45.6 Å². The molecule has 5 heteroatoms. The van der Waals surface area contributed by atoms with Crippen molar-refractivity contribution < 1.29 is 0 Å². The molecule has 0 aliphatic carbocycles.